The number of halogens is 2. The average molecular weight is 401 g/mol. The van der Waals surface area contributed by atoms with E-state index in [9.17, 15) is 9.18 Å². The van der Waals surface area contributed by atoms with Gasteiger partial charge in [0.25, 0.3) is 0 Å². The van der Waals surface area contributed by atoms with Crippen LogP contribution in [0.15, 0.2) is 53.1 Å². The number of benzene rings is 2. The van der Waals surface area contributed by atoms with E-state index in [-0.39, 0.29) is 11.9 Å². The fourth-order valence-corrected chi connectivity index (χ4v) is 3.38. The molecular formula is C20H18ClFN4O2. The third-order valence-electron chi connectivity index (χ3n) is 4.68. The van der Waals surface area contributed by atoms with Crippen LogP contribution < -0.4 is 5.32 Å². The highest BCUT2D eigenvalue weighted by molar-refractivity contribution is 6.30. The fourth-order valence-electron chi connectivity index (χ4n) is 3.25. The number of likely N-dealkylation sites (tertiary alicyclic amines) is 1. The summed E-state index contributed by atoms with van der Waals surface area (Å²) in [5.41, 5.74) is 1.24. The summed E-state index contributed by atoms with van der Waals surface area (Å²) >= 11 is 5.91. The molecule has 6 nitrogen and oxygen atoms in total. The summed E-state index contributed by atoms with van der Waals surface area (Å²) in [5.74, 6) is 0.566. The van der Waals surface area contributed by atoms with Crippen molar-refractivity contribution < 1.29 is 13.7 Å². The van der Waals surface area contributed by atoms with Gasteiger partial charge < -0.3 is 14.7 Å². The van der Waals surface area contributed by atoms with Crippen LogP contribution in [0.5, 0.6) is 0 Å². The second-order valence-corrected chi connectivity index (χ2v) is 7.13. The molecule has 1 fully saturated rings. The molecule has 0 spiro atoms. The van der Waals surface area contributed by atoms with Gasteiger partial charge in [-0.15, -0.1) is 0 Å². The summed E-state index contributed by atoms with van der Waals surface area (Å²) in [5, 5.41) is 7.42. The first-order valence-corrected chi connectivity index (χ1v) is 9.37. The van der Waals surface area contributed by atoms with E-state index in [4.69, 9.17) is 16.1 Å². The van der Waals surface area contributed by atoms with Gasteiger partial charge in [-0.05, 0) is 55.3 Å². The van der Waals surface area contributed by atoms with Crippen LogP contribution in [0.1, 0.15) is 24.7 Å². The predicted octanol–water partition coefficient (Wildman–Crippen LogP) is 4.94. The maximum absolute atomic E-state index is 13.3. The van der Waals surface area contributed by atoms with E-state index in [0.29, 0.717) is 35.5 Å². The van der Waals surface area contributed by atoms with Crippen molar-refractivity contribution in [2.45, 2.75) is 18.8 Å². The second-order valence-electron chi connectivity index (χ2n) is 6.69. The van der Waals surface area contributed by atoms with Crippen molar-refractivity contribution >= 4 is 23.3 Å². The third kappa shape index (κ3) is 4.14. The smallest absolute Gasteiger partial charge is 0.321 e. The number of rotatable bonds is 3. The summed E-state index contributed by atoms with van der Waals surface area (Å²) in [6.45, 7) is 1.08. The highest BCUT2D eigenvalue weighted by atomic mass is 35.5. The Balaban J connectivity index is 1.43. The van der Waals surface area contributed by atoms with Crippen LogP contribution in [0.2, 0.25) is 5.02 Å². The Morgan fingerprint density at radius 2 is 2.07 bits per heavy atom. The van der Waals surface area contributed by atoms with Crippen LogP contribution in [0, 0.1) is 5.82 Å². The zero-order valence-electron chi connectivity index (χ0n) is 14.9. The lowest BCUT2D eigenvalue weighted by molar-refractivity contribution is 0.184. The number of aromatic nitrogens is 2. The molecule has 2 amide bonds. The summed E-state index contributed by atoms with van der Waals surface area (Å²) in [7, 11) is 0. The monoisotopic (exact) mass is 400 g/mol. The minimum Gasteiger partial charge on any atom is -0.339 e. The lowest BCUT2D eigenvalue weighted by Crippen LogP contribution is -2.41. The molecule has 1 unspecified atom stereocenters. The van der Waals surface area contributed by atoms with Crippen molar-refractivity contribution in [3.8, 4) is 11.4 Å². The lowest BCUT2D eigenvalue weighted by atomic mass is 9.98. The van der Waals surface area contributed by atoms with Crippen LogP contribution in [-0.4, -0.2) is 34.2 Å². The molecule has 144 valence electrons. The molecule has 0 aliphatic carbocycles. The van der Waals surface area contributed by atoms with Gasteiger partial charge in [0, 0.05) is 29.4 Å². The molecule has 1 aromatic heterocycles. The molecule has 8 heteroatoms. The first-order chi connectivity index (χ1) is 13.6. The van der Waals surface area contributed by atoms with Crippen molar-refractivity contribution in [2.24, 2.45) is 0 Å². The number of nitrogens with one attached hydrogen (secondary N) is 1. The minimum absolute atomic E-state index is 0.0411. The van der Waals surface area contributed by atoms with E-state index in [1.165, 1.54) is 12.1 Å². The van der Waals surface area contributed by atoms with Crippen molar-refractivity contribution in [1.29, 1.82) is 0 Å². The zero-order valence-corrected chi connectivity index (χ0v) is 15.7. The van der Waals surface area contributed by atoms with Gasteiger partial charge in [0.1, 0.15) is 5.82 Å². The number of piperidine rings is 1. The van der Waals surface area contributed by atoms with Crippen LogP contribution in [0.25, 0.3) is 11.4 Å². The van der Waals surface area contributed by atoms with E-state index >= 15 is 0 Å². The molecule has 1 aliphatic rings. The normalized spacial score (nSPS) is 16.8. The number of hydrogen-bond acceptors (Lipinski definition) is 4. The molecule has 4 rings (SSSR count). The average Bonchev–Trinajstić information content (AvgIpc) is 3.19. The molecule has 2 aromatic carbocycles. The van der Waals surface area contributed by atoms with Crippen LogP contribution in [-0.2, 0) is 0 Å². The Hall–Kier alpha value is -2.93. The fraction of sp³-hybridized carbons (Fsp3) is 0.250. The second kappa shape index (κ2) is 7.98. The third-order valence-corrected chi connectivity index (χ3v) is 4.93. The predicted molar refractivity (Wildman–Crippen MR) is 104 cm³/mol. The lowest BCUT2D eigenvalue weighted by Gasteiger charge is -2.31. The van der Waals surface area contributed by atoms with Gasteiger partial charge in [0.15, 0.2) is 0 Å². The number of amides is 2. The van der Waals surface area contributed by atoms with Gasteiger partial charge in [-0.3, -0.25) is 0 Å². The van der Waals surface area contributed by atoms with Gasteiger partial charge in [-0.1, -0.05) is 22.8 Å². The molecule has 1 atom stereocenters. The molecule has 1 N–H and O–H groups in total. The van der Waals surface area contributed by atoms with Crippen molar-refractivity contribution in [1.82, 2.24) is 15.0 Å². The number of urea groups is 1. The molecule has 2 heterocycles. The molecule has 1 saturated heterocycles. The van der Waals surface area contributed by atoms with E-state index in [1.807, 2.05) is 12.1 Å². The Kier molecular flexibility index (Phi) is 5.25. The maximum atomic E-state index is 13.3. The number of nitrogens with zero attached hydrogens (tertiary/aromatic N) is 3. The SMILES string of the molecule is O=C(Nc1cccc(F)c1)N1CCCC(c2nc(-c3ccc(Cl)cc3)no2)C1. The van der Waals surface area contributed by atoms with Gasteiger partial charge >= 0.3 is 6.03 Å². The van der Waals surface area contributed by atoms with E-state index in [1.54, 1.807) is 29.2 Å². The topological polar surface area (TPSA) is 71.3 Å². The van der Waals surface area contributed by atoms with Crippen molar-refractivity contribution in [2.75, 3.05) is 18.4 Å². The molecule has 0 radical (unpaired) electrons. The molecule has 0 saturated carbocycles. The van der Waals surface area contributed by atoms with Crippen LogP contribution in [0.3, 0.4) is 0 Å². The van der Waals surface area contributed by atoms with E-state index in [0.717, 1.165) is 18.4 Å². The minimum atomic E-state index is -0.394. The molecule has 0 bridgehead atoms. The zero-order chi connectivity index (χ0) is 19.5. The van der Waals surface area contributed by atoms with Crippen LogP contribution >= 0.6 is 11.6 Å². The first kappa shape index (κ1) is 18.4. The van der Waals surface area contributed by atoms with Gasteiger partial charge in [-0.25, -0.2) is 9.18 Å². The Bertz CT molecular complexity index is 976. The van der Waals surface area contributed by atoms with Gasteiger partial charge in [0.05, 0.1) is 5.92 Å². The highest BCUT2D eigenvalue weighted by Crippen LogP contribution is 2.28. The van der Waals surface area contributed by atoms with E-state index in [2.05, 4.69) is 15.5 Å². The summed E-state index contributed by atoms with van der Waals surface area (Å²) < 4.78 is 18.8. The van der Waals surface area contributed by atoms with Gasteiger partial charge in [0.2, 0.25) is 11.7 Å². The number of hydrogen-bond donors (Lipinski definition) is 1. The Morgan fingerprint density at radius 3 is 2.86 bits per heavy atom. The summed E-state index contributed by atoms with van der Waals surface area (Å²) in [6.07, 6.45) is 1.67. The van der Waals surface area contributed by atoms with E-state index < -0.39 is 5.82 Å². The molecular weight excluding hydrogens is 383 g/mol. The maximum Gasteiger partial charge on any atom is 0.321 e. The van der Waals surface area contributed by atoms with Gasteiger partial charge in [-0.2, -0.15) is 4.98 Å². The largest absolute Gasteiger partial charge is 0.339 e. The Morgan fingerprint density at radius 1 is 1.25 bits per heavy atom. The van der Waals surface area contributed by atoms with Crippen molar-refractivity contribution in [3.05, 3.63) is 65.3 Å². The molecule has 1 aliphatic heterocycles. The molecule has 28 heavy (non-hydrogen) atoms. The first-order valence-electron chi connectivity index (χ1n) is 8.99. The summed E-state index contributed by atoms with van der Waals surface area (Å²) in [4.78, 5) is 18.7. The summed E-state index contributed by atoms with van der Waals surface area (Å²) in [6, 6.07) is 12.8. The number of anilines is 1. The molecule has 3 aromatic rings. The quantitative estimate of drug-likeness (QED) is 0.675. The number of carbonyl (C=O) groups excluding carboxylic acids is 1. The number of carbonyl (C=O) groups is 1. The van der Waals surface area contributed by atoms with Crippen LogP contribution in [0.4, 0.5) is 14.9 Å². The Labute approximate surface area is 166 Å². The standard InChI is InChI=1S/C20H18ClFN4O2/c21-15-8-6-13(7-9-15)18-24-19(28-25-18)14-3-2-10-26(12-14)20(27)23-17-5-1-4-16(22)11-17/h1,4-9,11,14H,2-3,10,12H2,(H,23,27). The van der Waals surface area contributed by atoms with Crippen molar-refractivity contribution in [3.63, 3.8) is 0 Å². The highest BCUT2D eigenvalue weighted by Gasteiger charge is 2.28.